The van der Waals surface area contributed by atoms with Crippen molar-refractivity contribution >= 4 is 17.3 Å². The second kappa shape index (κ2) is 5.22. The second-order valence-corrected chi connectivity index (χ2v) is 4.69. The van der Waals surface area contributed by atoms with Crippen molar-refractivity contribution in [1.82, 2.24) is 9.97 Å². The van der Waals surface area contributed by atoms with Gasteiger partial charge in [0.25, 0.3) is 0 Å². The van der Waals surface area contributed by atoms with Crippen LogP contribution in [0.4, 0.5) is 21.7 Å². The molecule has 0 unspecified atom stereocenters. The first kappa shape index (κ1) is 13.3. The number of rotatable bonds is 3. The molecule has 0 fully saturated rings. The SMILES string of the molecule is CC(C)c1c(N)ncnc1N(C)c1ccc(F)cc1. The van der Waals surface area contributed by atoms with Crippen molar-refractivity contribution in [3.05, 3.63) is 42.0 Å². The molecule has 0 spiro atoms. The first-order valence-electron chi connectivity index (χ1n) is 6.10. The highest BCUT2D eigenvalue weighted by molar-refractivity contribution is 5.66. The molecule has 0 aliphatic rings. The lowest BCUT2D eigenvalue weighted by Crippen LogP contribution is -2.16. The highest BCUT2D eigenvalue weighted by Gasteiger charge is 2.17. The van der Waals surface area contributed by atoms with Crippen LogP contribution in [0.15, 0.2) is 30.6 Å². The van der Waals surface area contributed by atoms with Crippen molar-refractivity contribution in [3.8, 4) is 0 Å². The van der Waals surface area contributed by atoms with Crippen LogP contribution in [0, 0.1) is 5.82 Å². The number of halogens is 1. The molecule has 1 aromatic carbocycles. The minimum Gasteiger partial charge on any atom is -0.383 e. The predicted octanol–water partition coefficient (Wildman–Crippen LogP) is 3.09. The van der Waals surface area contributed by atoms with Gasteiger partial charge in [0.15, 0.2) is 0 Å². The van der Waals surface area contributed by atoms with Gasteiger partial charge < -0.3 is 10.6 Å². The molecule has 2 rings (SSSR count). The monoisotopic (exact) mass is 260 g/mol. The maximum atomic E-state index is 13.0. The van der Waals surface area contributed by atoms with Crippen molar-refractivity contribution in [2.45, 2.75) is 19.8 Å². The molecular formula is C14H17FN4. The van der Waals surface area contributed by atoms with Gasteiger partial charge in [-0.2, -0.15) is 0 Å². The Morgan fingerprint density at radius 3 is 2.37 bits per heavy atom. The summed E-state index contributed by atoms with van der Waals surface area (Å²) in [4.78, 5) is 10.2. The summed E-state index contributed by atoms with van der Waals surface area (Å²) in [5.41, 5.74) is 7.67. The molecule has 1 heterocycles. The molecule has 0 saturated heterocycles. The van der Waals surface area contributed by atoms with Crippen LogP contribution in [-0.4, -0.2) is 17.0 Å². The van der Waals surface area contributed by atoms with Crippen LogP contribution < -0.4 is 10.6 Å². The molecule has 0 amide bonds. The Morgan fingerprint density at radius 1 is 1.16 bits per heavy atom. The molecule has 0 aliphatic carbocycles. The zero-order chi connectivity index (χ0) is 14.0. The van der Waals surface area contributed by atoms with E-state index in [-0.39, 0.29) is 11.7 Å². The second-order valence-electron chi connectivity index (χ2n) is 4.69. The van der Waals surface area contributed by atoms with Crippen LogP contribution in [0.1, 0.15) is 25.3 Å². The zero-order valence-corrected chi connectivity index (χ0v) is 11.3. The van der Waals surface area contributed by atoms with E-state index >= 15 is 0 Å². The van der Waals surface area contributed by atoms with E-state index in [0.717, 1.165) is 17.1 Å². The van der Waals surface area contributed by atoms with Gasteiger partial charge in [-0.05, 0) is 30.2 Å². The van der Waals surface area contributed by atoms with Crippen LogP contribution in [-0.2, 0) is 0 Å². The van der Waals surface area contributed by atoms with Crippen molar-refractivity contribution in [1.29, 1.82) is 0 Å². The van der Waals surface area contributed by atoms with Gasteiger partial charge in [0.1, 0.15) is 23.8 Å². The summed E-state index contributed by atoms with van der Waals surface area (Å²) < 4.78 is 13.0. The van der Waals surface area contributed by atoms with E-state index in [1.807, 2.05) is 25.8 Å². The van der Waals surface area contributed by atoms with E-state index in [0.29, 0.717) is 5.82 Å². The fourth-order valence-corrected chi connectivity index (χ4v) is 2.01. The largest absolute Gasteiger partial charge is 0.383 e. The number of anilines is 3. The molecule has 4 nitrogen and oxygen atoms in total. The van der Waals surface area contributed by atoms with Crippen molar-refractivity contribution in [2.75, 3.05) is 17.7 Å². The number of benzene rings is 1. The van der Waals surface area contributed by atoms with Gasteiger partial charge in [0.05, 0.1) is 0 Å². The van der Waals surface area contributed by atoms with Crippen LogP contribution >= 0.6 is 0 Å². The highest BCUT2D eigenvalue weighted by atomic mass is 19.1. The standard InChI is InChI=1S/C14H17FN4/c1-9(2)12-13(16)17-8-18-14(12)19(3)11-6-4-10(15)5-7-11/h4-9H,1-3H3,(H2,16,17,18). The molecule has 0 radical (unpaired) electrons. The Bertz CT molecular complexity index is 566. The normalized spacial score (nSPS) is 10.8. The smallest absolute Gasteiger partial charge is 0.141 e. The third kappa shape index (κ3) is 2.65. The quantitative estimate of drug-likeness (QED) is 0.921. The maximum absolute atomic E-state index is 13.0. The molecule has 0 atom stereocenters. The van der Waals surface area contributed by atoms with Crippen LogP contribution in [0.25, 0.3) is 0 Å². The summed E-state index contributed by atoms with van der Waals surface area (Å²) in [5, 5.41) is 0. The average molecular weight is 260 g/mol. The lowest BCUT2D eigenvalue weighted by Gasteiger charge is -2.23. The Labute approximate surface area is 112 Å². The van der Waals surface area contributed by atoms with Crippen molar-refractivity contribution in [2.24, 2.45) is 0 Å². The summed E-state index contributed by atoms with van der Waals surface area (Å²) in [7, 11) is 1.88. The number of hydrogen-bond acceptors (Lipinski definition) is 4. The first-order valence-corrected chi connectivity index (χ1v) is 6.10. The maximum Gasteiger partial charge on any atom is 0.141 e. The van der Waals surface area contributed by atoms with Gasteiger partial charge >= 0.3 is 0 Å². The number of nitrogens with two attached hydrogens (primary N) is 1. The summed E-state index contributed by atoms with van der Waals surface area (Å²) in [6.07, 6.45) is 1.44. The number of aromatic nitrogens is 2. The van der Waals surface area contributed by atoms with Gasteiger partial charge in [-0.3, -0.25) is 0 Å². The van der Waals surface area contributed by atoms with E-state index in [9.17, 15) is 4.39 Å². The van der Waals surface area contributed by atoms with Gasteiger partial charge in [0.2, 0.25) is 0 Å². The Hall–Kier alpha value is -2.17. The Balaban J connectivity index is 2.46. The topological polar surface area (TPSA) is 55.0 Å². The molecule has 100 valence electrons. The van der Waals surface area contributed by atoms with Crippen LogP contribution in [0.5, 0.6) is 0 Å². The zero-order valence-electron chi connectivity index (χ0n) is 11.3. The minimum atomic E-state index is -0.261. The molecule has 5 heteroatoms. The molecule has 2 N–H and O–H groups in total. The Morgan fingerprint density at radius 2 is 1.79 bits per heavy atom. The number of hydrogen-bond donors (Lipinski definition) is 1. The predicted molar refractivity (Wildman–Crippen MR) is 75.0 cm³/mol. The molecule has 0 aliphatic heterocycles. The van der Waals surface area contributed by atoms with Gasteiger partial charge in [-0.25, -0.2) is 14.4 Å². The van der Waals surface area contributed by atoms with Crippen molar-refractivity contribution < 1.29 is 4.39 Å². The van der Waals surface area contributed by atoms with Gasteiger partial charge in [0, 0.05) is 18.3 Å². The van der Waals surface area contributed by atoms with Crippen molar-refractivity contribution in [3.63, 3.8) is 0 Å². The molecular weight excluding hydrogens is 243 g/mol. The van der Waals surface area contributed by atoms with E-state index in [1.54, 1.807) is 12.1 Å². The van der Waals surface area contributed by atoms with E-state index in [2.05, 4.69) is 9.97 Å². The van der Waals surface area contributed by atoms with E-state index in [4.69, 9.17) is 5.73 Å². The lowest BCUT2D eigenvalue weighted by molar-refractivity contribution is 0.628. The first-order chi connectivity index (χ1) is 9.00. The summed E-state index contributed by atoms with van der Waals surface area (Å²) in [6.45, 7) is 4.08. The molecule has 19 heavy (non-hydrogen) atoms. The molecule has 0 saturated carbocycles. The lowest BCUT2D eigenvalue weighted by atomic mass is 10.0. The summed E-state index contributed by atoms with van der Waals surface area (Å²) >= 11 is 0. The fourth-order valence-electron chi connectivity index (χ4n) is 2.01. The van der Waals surface area contributed by atoms with Gasteiger partial charge in [-0.15, -0.1) is 0 Å². The summed E-state index contributed by atoms with van der Waals surface area (Å²) in [6, 6.07) is 6.26. The third-order valence-electron chi connectivity index (χ3n) is 3.00. The number of nitrogen functional groups attached to an aromatic ring is 1. The molecule has 0 bridgehead atoms. The molecule has 1 aromatic heterocycles. The van der Waals surface area contributed by atoms with E-state index in [1.165, 1.54) is 18.5 Å². The molecule has 2 aromatic rings. The number of nitrogens with zero attached hydrogens (tertiary/aromatic N) is 3. The van der Waals surface area contributed by atoms with Gasteiger partial charge in [-0.1, -0.05) is 13.8 Å². The minimum absolute atomic E-state index is 0.207. The third-order valence-corrected chi connectivity index (χ3v) is 3.00. The van der Waals surface area contributed by atoms with E-state index < -0.39 is 0 Å². The highest BCUT2D eigenvalue weighted by Crippen LogP contribution is 2.32. The summed E-state index contributed by atoms with van der Waals surface area (Å²) in [5.74, 6) is 1.17. The van der Waals surface area contributed by atoms with Crippen LogP contribution in [0.2, 0.25) is 0 Å². The van der Waals surface area contributed by atoms with Crippen LogP contribution in [0.3, 0.4) is 0 Å². The Kier molecular flexibility index (Phi) is 3.64. The fraction of sp³-hybridized carbons (Fsp3) is 0.286. The average Bonchev–Trinajstić information content (AvgIpc) is 2.38.